The molecule has 188 valence electrons. The van der Waals surface area contributed by atoms with Crippen molar-refractivity contribution in [1.82, 2.24) is 0 Å². The van der Waals surface area contributed by atoms with E-state index in [1.165, 1.54) is 13.8 Å². The second-order valence-corrected chi connectivity index (χ2v) is 10.5. The van der Waals surface area contributed by atoms with Crippen LogP contribution in [0.3, 0.4) is 0 Å². The van der Waals surface area contributed by atoms with E-state index in [0.29, 0.717) is 0 Å². The number of rotatable bonds is 6. The van der Waals surface area contributed by atoms with E-state index >= 15 is 0 Å². The Morgan fingerprint density at radius 2 is 0.914 bits per heavy atom. The second-order valence-electron chi connectivity index (χ2n) is 10.5. The van der Waals surface area contributed by atoms with E-state index in [1.807, 2.05) is 0 Å². The summed E-state index contributed by atoms with van der Waals surface area (Å²) in [7, 11) is 0. The van der Waals surface area contributed by atoms with Crippen molar-refractivity contribution in [2.75, 3.05) is 0 Å². The average molecular weight is 490 g/mol. The molecule has 8 unspecified atom stereocenters. The van der Waals surface area contributed by atoms with Crippen LogP contribution in [-0.4, -0.2) is 56.2 Å². The molecule has 8 atom stereocenters. The first-order chi connectivity index (χ1) is 16.1. The van der Waals surface area contributed by atoms with Gasteiger partial charge < -0.3 is 25.2 Å². The molecule has 4 aliphatic rings. The van der Waals surface area contributed by atoms with Gasteiger partial charge in [-0.05, 0) is 50.4 Å². The minimum atomic E-state index is -1.48. The fourth-order valence-corrected chi connectivity index (χ4v) is 7.26. The van der Waals surface area contributed by atoms with Crippen LogP contribution < -0.4 is 0 Å². The highest BCUT2D eigenvalue weighted by Gasteiger charge is 2.67. The molecular formula is C24H26O11. The summed E-state index contributed by atoms with van der Waals surface area (Å²) in [6, 6.07) is 0. The van der Waals surface area contributed by atoms with Crippen molar-refractivity contribution >= 4 is 35.8 Å². The molecule has 0 radical (unpaired) electrons. The van der Waals surface area contributed by atoms with Gasteiger partial charge in [0.15, 0.2) is 0 Å². The van der Waals surface area contributed by atoms with Crippen LogP contribution in [0, 0.1) is 46.3 Å². The SMILES string of the molecule is CC1C2CC(C(C(=O)O)=C2C(=O)O)C1(C)C(=O)OC(=O)C1(C)C2CC(C(C(=O)O)=C2C(=O)O)C1C. The molecule has 2 fully saturated rings. The molecule has 4 bridgehead atoms. The quantitative estimate of drug-likeness (QED) is 0.312. The lowest BCUT2D eigenvalue weighted by Crippen LogP contribution is -2.49. The van der Waals surface area contributed by atoms with Crippen LogP contribution in [0.4, 0.5) is 0 Å². The molecule has 0 saturated heterocycles. The van der Waals surface area contributed by atoms with E-state index in [1.54, 1.807) is 13.8 Å². The second kappa shape index (κ2) is 7.50. The summed E-state index contributed by atoms with van der Waals surface area (Å²) in [5.41, 5.74) is -4.18. The summed E-state index contributed by atoms with van der Waals surface area (Å²) in [5.74, 6) is -12.2. The summed E-state index contributed by atoms with van der Waals surface area (Å²) >= 11 is 0. The number of aliphatic carboxylic acids is 4. The van der Waals surface area contributed by atoms with Gasteiger partial charge in [0.1, 0.15) is 0 Å². The Balaban J connectivity index is 1.66. The first-order valence-corrected chi connectivity index (χ1v) is 11.3. The van der Waals surface area contributed by atoms with Crippen LogP contribution in [-0.2, 0) is 33.5 Å². The van der Waals surface area contributed by atoms with Gasteiger partial charge >= 0.3 is 35.8 Å². The van der Waals surface area contributed by atoms with Gasteiger partial charge in [-0.15, -0.1) is 0 Å². The zero-order valence-electron chi connectivity index (χ0n) is 19.5. The van der Waals surface area contributed by atoms with E-state index in [-0.39, 0.29) is 35.1 Å². The molecule has 4 aliphatic carbocycles. The summed E-state index contributed by atoms with van der Waals surface area (Å²) in [6.45, 7) is 6.14. The third kappa shape index (κ3) is 2.90. The largest absolute Gasteiger partial charge is 0.478 e. The van der Waals surface area contributed by atoms with Gasteiger partial charge in [0.25, 0.3) is 0 Å². The minimum Gasteiger partial charge on any atom is -0.478 e. The van der Waals surface area contributed by atoms with Crippen molar-refractivity contribution < 1.29 is 53.9 Å². The minimum absolute atomic E-state index is 0.121. The van der Waals surface area contributed by atoms with Crippen molar-refractivity contribution in [3.05, 3.63) is 22.3 Å². The molecule has 0 heterocycles. The van der Waals surface area contributed by atoms with E-state index in [2.05, 4.69) is 0 Å². The van der Waals surface area contributed by atoms with Crippen LogP contribution in [0.1, 0.15) is 40.5 Å². The highest BCUT2D eigenvalue weighted by atomic mass is 16.6. The molecule has 11 heteroatoms. The molecule has 0 aromatic rings. The lowest BCUT2D eigenvalue weighted by atomic mass is 9.65. The number of carboxylic acid groups (broad SMARTS) is 4. The van der Waals surface area contributed by atoms with Crippen LogP contribution in [0.5, 0.6) is 0 Å². The summed E-state index contributed by atoms with van der Waals surface area (Å²) in [5, 5.41) is 38.4. The standard InChI is InChI=1S/C24H26O11/c1-7-9-5-11(15(19(29)30)13(9)17(25)26)23(7,3)21(33)35-22(34)24(4)8(2)10-6-12(24)16(20(31)32)14(10)18(27)28/h7-12H,5-6H2,1-4H3,(H,25,26)(H,27,28)(H,29,30)(H,31,32). The lowest BCUT2D eigenvalue weighted by molar-refractivity contribution is -0.179. The normalized spacial score (nSPS) is 39.2. The fourth-order valence-electron chi connectivity index (χ4n) is 7.26. The molecule has 0 aromatic heterocycles. The summed E-state index contributed by atoms with van der Waals surface area (Å²) < 4.78 is 5.31. The third-order valence-corrected chi connectivity index (χ3v) is 9.53. The Morgan fingerprint density at radius 3 is 1.17 bits per heavy atom. The molecule has 35 heavy (non-hydrogen) atoms. The number of fused-ring (bicyclic) bond motifs is 4. The zero-order valence-corrected chi connectivity index (χ0v) is 19.5. The van der Waals surface area contributed by atoms with Crippen LogP contribution in [0.15, 0.2) is 22.3 Å². The van der Waals surface area contributed by atoms with Crippen molar-refractivity contribution in [2.45, 2.75) is 40.5 Å². The van der Waals surface area contributed by atoms with E-state index < -0.39 is 82.2 Å². The predicted octanol–water partition coefficient (Wildman–Crippen LogP) is 1.57. The number of carbonyl (C=O) groups excluding carboxylic acids is 2. The smallest absolute Gasteiger partial charge is 0.332 e. The van der Waals surface area contributed by atoms with Crippen molar-refractivity contribution in [3.63, 3.8) is 0 Å². The molecule has 11 nitrogen and oxygen atoms in total. The van der Waals surface area contributed by atoms with Gasteiger partial charge in [0.2, 0.25) is 0 Å². The van der Waals surface area contributed by atoms with Crippen LogP contribution >= 0.6 is 0 Å². The number of esters is 2. The van der Waals surface area contributed by atoms with Gasteiger partial charge in [-0.2, -0.15) is 0 Å². The van der Waals surface area contributed by atoms with Gasteiger partial charge in [-0.1, -0.05) is 13.8 Å². The molecule has 4 N–H and O–H groups in total. The van der Waals surface area contributed by atoms with E-state index in [0.717, 1.165) is 0 Å². The van der Waals surface area contributed by atoms with Crippen molar-refractivity contribution in [1.29, 1.82) is 0 Å². The van der Waals surface area contributed by atoms with E-state index in [4.69, 9.17) is 4.74 Å². The monoisotopic (exact) mass is 490 g/mol. The third-order valence-electron chi connectivity index (χ3n) is 9.53. The highest BCUT2D eigenvalue weighted by molar-refractivity contribution is 6.05. The number of ether oxygens (including phenoxy) is 1. The highest BCUT2D eigenvalue weighted by Crippen LogP contribution is 2.64. The summed E-state index contributed by atoms with van der Waals surface area (Å²) in [6.07, 6.45) is 0.243. The fraction of sp³-hybridized carbons (Fsp3) is 0.583. The molecule has 2 saturated carbocycles. The lowest BCUT2D eigenvalue weighted by Gasteiger charge is -2.40. The number of hydrogen-bond donors (Lipinski definition) is 4. The zero-order chi connectivity index (χ0) is 26.4. The van der Waals surface area contributed by atoms with Crippen molar-refractivity contribution in [3.8, 4) is 0 Å². The number of carbonyl (C=O) groups is 6. The molecule has 0 aromatic carbocycles. The molecule has 0 amide bonds. The first-order valence-electron chi connectivity index (χ1n) is 11.3. The van der Waals surface area contributed by atoms with Crippen LogP contribution in [0.2, 0.25) is 0 Å². The number of hydrogen-bond acceptors (Lipinski definition) is 7. The maximum atomic E-state index is 13.4. The average Bonchev–Trinajstić information content (AvgIpc) is 3.47. The Labute approximate surface area is 199 Å². The van der Waals surface area contributed by atoms with Gasteiger partial charge in [0, 0.05) is 11.8 Å². The number of carboxylic acids is 4. The Hall–Kier alpha value is -3.50. The van der Waals surface area contributed by atoms with Gasteiger partial charge in [-0.25, -0.2) is 19.2 Å². The first kappa shape index (κ1) is 24.6. The van der Waals surface area contributed by atoms with Gasteiger partial charge in [-0.3, -0.25) is 9.59 Å². The van der Waals surface area contributed by atoms with Crippen LogP contribution in [0.25, 0.3) is 0 Å². The predicted molar refractivity (Wildman–Crippen MR) is 113 cm³/mol. The Kier molecular flexibility index (Phi) is 5.27. The maximum Gasteiger partial charge on any atom is 0.332 e. The summed E-state index contributed by atoms with van der Waals surface area (Å²) in [4.78, 5) is 74.0. The topological polar surface area (TPSA) is 193 Å². The Morgan fingerprint density at radius 1 is 0.629 bits per heavy atom. The molecule has 0 aliphatic heterocycles. The molecular weight excluding hydrogens is 464 g/mol. The molecule has 0 spiro atoms. The maximum absolute atomic E-state index is 13.4. The molecule has 4 rings (SSSR count). The van der Waals surface area contributed by atoms with Crippen molar-refractivity contribution in [2.24, 2.45) is 46.3 Å². The Bertz CT molecular complexity index is 1090. The van der Waals surface area contributed by atoms with Gasteiger partial charge in [0.05, 0.1) is 33.1 Å². The van der Waals surface area contributed by atoms with E-state index in [9.17, 15) is 49.2 Å².